The van der Waals surface area contributed by atoms with Gasteiger partial charge in [-0.1, -0.05) is 0 Å². The summed E-state index contributed by atoms with van der Waals surface area (Å²) in [5.74, 6) is 0.852. The Morgan fingerprint density at radius 2 is 2.09 bits per heavy atom. The normalized spacial score (nSPS) is 24.7. The van der Waals surface area contributed by atoms with Crippen LogP contribution in [0.1, 0.15) is 6.92 Å². The zero-order chi connectivity index (χ0) is 16.4. The van der Waals surface area contributed by atoms with Crippen molar-refractivity contribution >= 4 is 17.4 Å². The molecular formula is C14H20N6O3. The second kappa shape index (κ2) is 6.47. The van der Waals surface area contributed by atoms with E-state index in [4.69, 9.17) is 0 Å². The van der Waals surface area contributed by atoms with Crippen LogP contribution >= 0.6 is 0 Å². The number of hydrazine groups is 1. The lowest BCUT2D eigenvalue weighted by Gasteiger charge is -2.36. The van der Waals surface area contributed by atoms with E-state index in [9.17, 15) is 14.9 Å². The molecule has 23 heavy (non-hydrogen) atoms. The predicted molar refractivity (Wildman–Crippen MR) is 83.8 cm³/mol. The lowest BCUT2D eigenvalue weighted by molar-refractivity contribution is -0.385. The number of aromatic nitrogens is 1. The Morgan fingerprint density at radius 3 is 2.61 bits per heavy atom. The van der Waals surface area contributed by atoms with Crippen molar-refractivity contribution in [1.29, 1.82) is 0 Å². The van der Waals surface area contributed by atoms with Crippen LogP contribution in [0.5, 0.6) is 0 Å². The third kappa shape index (κ3) is 3.25. The molecule has 1 aromatic heterocycles. The van der Waals surface area contributed by atoms with Crippen molar-refractivity contribution in [2.45, 2.75) is 13.0 Å². The molecule has 124 valence electrons. The number of hydrogen-bond acceptors (Lipinski definition) is 7. The Labute approximate surface area is 133 Å². The number of carbonyl (C=O) groups excluding carboxylic acids is 1. The summed E-state index contributed by atoms with van der Waals surface area (Å²) in [5, 5.41) is 10.7. The molecule has 0 saturated carbocycles. The van der Waals surface area contributed by atoms with Crippen LogP contribution in [0.2, 0.25) is 0 Å². The van der Waals surface area contributed by atoms with Gasteiger partial charge in [-0.3, -0.25) is 25.8 Å². The summed E-state index contributed by atoms with van der Waals surface area (Å²) in [6.07, 6.45) is 1.27. The number of pyridine rings is 1. The summed E-state index contributed by atoms with van der Waals surface area (Å²) < 4.78 is 0. The highest BCUT2D eigenvalue weighted by Gasteiger charge is 2.34. The highest BCUT2D eigenvalue weighted by atomic mass is 16.6. The molecule has 2 fully saturated rings. The molecule has 0 bridgehead atoms. The molecule has 0 radical (unpaired) electrons. The third-order valence-electron chi connectivity index (χ3n) is 4.43. The Bertz CT molecular complexity index is 585. The summed E-state index contributed by atoms with van der Waals surface area (Å²) in [5.41, 5.74) is 6.07. The minimum Gasteiger partial charge on any atom is -0.353 e. The molecule has 3 heterocycles. The summed E-state index contributed by atoms with van der Waals surface area (Å²) in [6, 6.07) is 3.25. The van der Waals surface area contributed by atoms with E-state index < -0.39 is 4.92 Å². The van der Waals surface area contributed by atoms with Gasteiger partial charge >= 0.3 is 0 Å². The minimum absolute atomic E-state index is 0.0159. The van der Waals surface area contributed by atoms with Gasteiger partial charge in [-0.05, 0) is 13.0 Å². The summed E-state index contributed by atoms with van der Waals surface area (Å²) >= 11 is 0. The minimum atomic E-state index is -0.460. The van der Waals surface area contributed by atoms with Gasteiger partial charge in [0.25, 0.3) is 5.69 Å². The molecule has 2 unspecified atom stereocenters. The van der Waals surface area contributed by atoms with E-state index in [1.807, 2.05) is 16.7 Å². The van der Waals surface area contributed by atoms with Crippen molar-refractivity contribution < 1.29 is 9.72 Å². The number of nitrogens with zero attached hydrogens (tertiary/aromatic N) is 4. The highest BCUT2D eigenvalue weighted by molar-refractivity contribution is 5.80. The Balaban J connectivity index is 1.57. The Hall–Kier alpha value is -2.26. The fourth-order valence-electron chi connectivity index (χ4n) is 2.97. The molecule has 2 aliphatic heterocycles. The van der Waals surface area contributed by atoms with Gasteiger partial charge in [0.15, 0.2) is 0 Å². The van der Waals surface area contributed by atoms with Crippen LogP contribution in [-0.4, -0.2) is 59.5 Å². The highest BCUT2D eigenvalue weighted by Crippen LogP contribution is 2.19. The number of piperazine rings is 1. The molecule has 0 spiro atoms. The van der Waals surface area contributed by atoms with Gasteiger partial charge in [-0.2, -0.15) is 0 Å². The lowest BCUT2D eigenvalue weighted by atomic mass is 10.0. The van der Waals surface area contributed by atoms with Crippen LogP contribution in [0, 0.1) is 16.0 Å². The second-order valence-corrected chi connectivity index (χ2v) is 5.86. The van der Waals surface area contributed by atoms with Gasteiger partial charge in [0.2, 0.25) is 5.91 Å². The standard InChI is InChI=1S/C14H20N6O3/c1-10-12(9-16-17-10)14(21)19-6-4-18(5-7-19)13-3-2-11(8-15-13)20(22)23/h2-3,8,10,12,16-17H,4-7,9H2,1H3. The number of nitrogens with one attached hydrogen (secondary N) is 2. The molecule has 2 N–H and O–H groups in total. The summed E-state index contributed by atoms with van der Waals surface area (Å²) in [7, 11) is 0. The average Bonchev–Trinajstić information content (AvgIpc) is 3.00. The number of rotatable bonds is 3. The zero-order valence-corrected chi connectivity index (χ0v) is 12.9. The van der Waals surface area contributed by atoms with E-state index >= 15 is 0 Å². The van der Waals surface area contributed by atoms with E-state index in [0.29, 0.717) is 38.5 Å². The summed E-state index contributed by atoms with van der Waals surface area (Å²) in [4.78, 5) is 30.8. The Kier molecular flexibility index (Phi) is 4.39. The molecule has 3 rings (SSSR count). The van der Waals surface area contributed by atoms with Crippen LogP contribution < -0.4 is 15.8 Å². The Morgan fingerprint density at radius 1 is 1.35 bits per heavy atom. The van der Waals surface area contributed by atoms with E-state index in [-0.39, 0.29) is 23.6 Å². The van der Waals surface area contributed by atoms with Crippen molar-refractivity contribution in [3.63, 3.8) is 0 Å². The SMILES string of the molecule is CC1NNCC1C(=O)N1CCN(c2ccc([N+](=O)[O-])cn2)CC1. The van der Waals surface area contributed by atoms with Crippen molar-refractivity contribution in [1.82, 2.24) is 20.7 Å². The van der Waals surface area contributed by atoms with Gasteiger partial charge in [0.05, 0.1) is 10.8 Å². The first kappa shape index (κ1) is 15.6. The van der Waals surface area contributed by atoms with Gasteiger partial charge in [-0.15, -0.1) is 0 Å². The molecule has 0 aromatic carbocycles. The van der Waals surface area contributed by atoms with Crippen molar-refractivity contribution in [3.05, 3.63) is 28.4 Å². The van der Waals surface area contributed by atoms with Crippen LogP contribution in [0.4, 0.5) is 11.5 Å². The maximum Gasteiger partial charge on any atom is 0.287 e. The van der Waals surface area contributed by atoms with Crippen LogP contribution in [0.15, 0.2) is 18.3 Å². The molecule has 2 saturated heterocycles. The van der Waals surface area contributed by atoms with Crippen LogP contribution in [0.25, 0.3) is 0 Å². The van der Waals surface area contributed by atoms with Crippen molar-refractivity contribution in [2.75, 3.05) is 37.6 Å². The van der Waals surface area contributed by atoms with Crippen molar-refractivity contribution in [2.24, 2.45) is 5.92 Å². The number of nitro groups is 1. The van der Waals surface area contributed by atoms with E-state index in [1.54, 1.807) is 6.07 Å². The molecule has 0 aliphatic carbocycles. The fourth-order valence-corrected chi connectivity index (χ4v) is 2.97. The first-order chi connectivity index (χ1) is 11.1. The van der Waals surface area contributed by atoms with Gasteiger partial charge < -0.3 is 9.80 Å². The largest absolute Gasteiger partial charge is 0.353 e. The zero-order valence-electron chi connectivity index (χ0n) is 12.9. The topological polar surface area (TPSA) is 104 Å². The molecule has 2 aliphatic rings. The molecule has 1 aromatic rings. The maximum atomic E-state index is 12.5. The summed E-state index contributed by atoms with van der Waals surface area (Å²) in [6.45, 7) is 5.29. The van der Waals surface area contributed by atoms with E-state index in [0.717, 1.165) is 0 Å². The number of amides is 1. The van der Waals surface area contributed by atoms with Gasteiger partial charge in [0.1, 0.15) is 12.0 Å². The number of hydrogen-bond donors (Lipinski definition) is 2. The first-order valence-corrected chi connectivity index (χ1v) is 7.69. The lowest BCUT2D eigenvalue weighted by Crippen LogP contribution is -2.52. The monoisotopic (exact) mass is 320 g/mol. The smallest absolute Gasteiger partial charge is 0.287 e. The van der Waals surface area contributed by atoms with Crippen molar-refractivity contribution in [3.8, 4) is 0 Å². The number of anilines is 1. The number of carbonyl (C=O) groups is 1. The molecule has 9 heteroatoms. The fraction of sp³-hybridized carbons (Fsp3) is 0.571. The molecule has 9 nitrogen and oxygen atoms in total. The quantitative estimate of drug-likeness (QED) is 0.584. The predicted octanol–water partition coefficient (Wildman–Crippen LogP) is -0.249. The van der Waals surface area contributed by atoms with Crippen LogP contribution in [-0.2, 0) is 4.79 Å². The average molecular weight is 320 g/mol. The molecule has 1 amide bonds. The third-order valence-corrected chi connectivity index (χ3v) is 4.43. The first-order valence-electron chi connectivity index (χ1n) is 7.69. The van der Waals surface area contributed by atoms with Gasteiger partial charge in [0, 0.05) is 44.8 Å². The van der Waals surface area contributed by atoms with Gasteiger partial charge in [-0.25, -0.2) is 4.98 Å². The maximum absolute atomic E-state index is 12.5. The second-order valence-electron chi connectivity index (χ2n) is 5.86. The van der Waals surface area contributed by atoms with Crippen LogP contribution in [0.3, 0.4) is 0 Å². The molecule has 2 atom stereocenters. The molecular weight excluding hydrogens is 300 g/mol. The van der Waals surface area contributed by atoms with E-state index in [2.05, 4.69) is 15.8 Å². The van der Waals surface area contributed by atoms with E-state index in [1.165, 1.54) is 12.3 Å².